The predicted molar refractivity (Wildman–Crippen MR) is 87.3 cm³/mol. The largest absolute Gasteiger partial charge is 0.490 e. The zero-order chi connectivity index (χ0) is 17.4. The number of aromatic nitrogens is 4. The van der Waals surface area contributed by atoms with Crippen LogP contribution in [0.3, 0.4) is 0 Å². The first-order valence-electron chi connectivity index (χ1n) is 8.08. The molecule has 1 aliphatic carbocycles. The van der Waals surface area contributed by atoms with Crippen LogP contribution in [0, 0.1) is 0 Å². The molecular formula is C17H16F2N4O2. The number of H-pyrrole nitrogens is 1. The van der Waals surface area contributed by atoms with E-state index in [0.29, 0.717) is 29.6 Å². The van der Waals surface area contributed by atoms with E-state index < -0.39 is 5.92 Å². The summed E-state index contributed by atoms with van der Waals surface area (Å²) in [6.45, 7) is 0. The lowest BCUT2D eigenvalue weighted by molar-refractivity contribution is -0.0582. The maximum absolute atomic E-state index is 13.2. The van der Waals surface area contributed by atoms with E-state index in [1.165, 1.54) is 12.5 Å². The third-order valence-corrected chi connectivity index (χ3v) is 4.42. The van der Waals surface area contributed by atoms with E-state index in [9.17, 15) is 13.6 Å². The number of hydrogen-bond acceptors (Lipinski definition) is 4. The number of halogens is 2. The lowest BCUT2D eigenvalue weighted by atomic mass is 9.94. The summed E-state index contributed by atoms with van der Waals surface area (Å²) in [6.07, 6.45) is 3.06. The molecule has 0 amide bonds. The smallest absolute Gasteiger partial charge is 0.261 e. The highest BCUT2D eigenvalue weighted by atomic mass is 19.3. The van der Waals surface area contributed by atoms with Crippen molar-refractivity contribution in [2.45, 2.75) is 37.7 Å². The van der Waals surface area contributed by atoms with Gasteiger partial charge in [-0.05, 0) is 37.1 Å². The molecule has 0 unspecified atom stereocenters. The van der Waals surface area contributed by atoms with Crippen LogP contribution in [0.1, 0.15) is 25.7 Å². The minimum Gasteiger partial charge on any atom is -0.490 e. The van der Waals surface area contributed by atoms with Crippen LogP contribution in [0.25, 0.3) is 16.7 Å². The fraction of sp³-hybridized carbons (Fsp3) is 0.353. The van der Waals surface area contributed by atoms with Crippen LogP contribution in [0.4, 0.5) is 8.78 Å². The maximum Gasteiger partial charge on any atom is 0.261 e. The van der Waals surface area contributed by atoms with Crippen molar-refractivity contribution < 1.29 is 13.5 Å². The summed E-state index contributed by atoms with van der Waals surface area (Å²) in [4.78, 5) is 18.4. The summed E-state index contributed by atoms with van der Waals surface area (Å²) in [7, 11) is 0. The highest BCUT2D eigenvalue weighted by Gasteiger charge is 2.35. The van der Waals surface area contributed by atoms with Gasteiger partial charge in [0.2, 0.25) is 5.92 Å². The molecule has 1 aliphatic rings. The van der Waals surface area contributed by atoms with Gasteiger partial charge in [-0.15, -0.1) is 0 Å². The Labute approximate surface area is 141 Å². The van der Waals surface area contributed by atoms with Crippen molar-refractivity contribution in [3.63, 3.8) is 0 Å². The summed E-state index contributed by atoms with van der Waals surface area (Å²) < 4.78 is 33.7. The van der Waals surface area contributed by atoms with Gasteiger partial charge < -0.3 is 9.72 Å². The van der Waals surface area contributed by atoms with Gasteiger partial charge in [0.15, 0.2) is 5.65 Å². The molecule has 25 heavy (non-hydrogen) atoms. The van der Waals surface area contributed by atoms with E-state index in [-0.39, 0.29) is 24.5 Å². The van der Waals surface area contributed by atoms with Crippen molar-refractivity contribution in [1.29, 1.82) is 0 Å². The molecule has 3 aromatic rings. The number of nitrogens with zero attached hydrogens (tertiary/aromatic N) is 3. The molecule has 2 heterocycles. The zero-order valence-electron chi connectivity index (χ0n) is 13.3. The van der Waals surface area contributed by atoms with Crippen LogP contribution in [0.5, 0.6) is 5.75 Å². The molecule has 4 rings (SSSR count). The first-order valence-corrected chi connectivity index (χ1v) is 8.08. The second-order valence-corrected chi connectivity index (χ2v) is 6.19. The average molecular weight is 346 g/mol. The molecule has 1 N–H and O–H groups in total. The van der Waals surface area contributed by atoms with Crippen LogP contribution >= 0.6 is 0 Å². The third kappa shape index (κ3) is 3.11. The van der Waals surface area contributed by atoms with Crippen LogP contribution in [-0.4, -0.2) is 31.8 Å². The number of benzene rings is 1. The number of nitrogens with one attached hydrogen (secondary N) is 1. The number of alkyl halides is 2. The molecule has 130 valence electrons. The van der Waals surface area contributed by atoms with Gasteiger partial charge >= 0.3 is 0 Å². The molecule has 0 aliphatic heterocycles. The first-order chi connectivity index (χ1) is 12.0. The maximum atomic E-state index is 13.2. The Morgan fingerprint density at radius 3 is 2.64 bits per heavy atom. The monoisotopic (exact) mass is 346 g/mol. The van der Waals surface area contributed by atoms with E-state index in [1.807, 2.05) is 0 Å². The second-order valence-electron chi connectivity index (χ2n) is 6.19. The lowest BCUT2D eigenvalue weighted by Gasteiger charge is -2.28. The van der Waals surface area contributed by atoms with Gasteiger partial charge in [0.05, 0.1) is 24.3 Å². The van der Waals surface area contributed by atoms with Gasteiger partial charge in [-0.25, -0.2) is 18.4 Å². The molecule has 0 bridgehead atoms. The summed E-state index contributed by atoms with van der Waals surface area (Å²) in [6, 6.07) is 7.12. The molecular weight excluding hydrogens is 330 g/mol. The van der Waals surface area contributed by atoms with E-state index in [2.05, 4.69) is 15.1 Å². The lowest BCUT2D eigenvalue weighted by Crippen LogP contribution is -2.30. The van der Waals surface area contributed by atoms with Gasteiger partial charge in [0.1, 0.15) is 11.1 Å². The van der Waals surface area contributed by atoms with Crippen LogP contribution in [0.2, 0.25) is 0 Å². The summed E-state index contributed by atoms with van der Waals surface area (Å²) >= 11 is 0. The molecule has 1 saturated carbocycles. The number of rotatable bonds is 3. The quantitative estimate of drug-likeness (QED) is 0.791. The van der Waals surface area contributed by atoms with Crippen LogP contribution < -0.4 is 10.3 Å². The van der Waals surface area contributed by atoms with Gasteiger partial charge in [-0.3, -0.25) is 4.79 Å². The van der Waals surface area contributed by atoms with Gasteiger partial charge in [-0.2, -0.15) is 5.10 Å². The summed E-state index contributed by atoms with van der Waals surface area (Å²) in [5.74, 6) is -1.93. The summed E-state index contributed by atoms with van der Waals surface area (Å²) in [5.41, 5.74) is 0.952. The Hall–Kier alpha value is -2.77. The highest BCUT2D eigenvalue weighted by Crippen LogP contribution is 2.34. The minimum atomic E-state index is -2.56. The van der Waals surface area contributed by atoms with Crippen molar-refractivity contribution in [3.8, 4) is 11.4 Å². The standard InChI is InChI=1S/C17H16F2N4O2/c18-17(19)7-5-13(6-8-17)25-12-3-1-11(2-4-12)23-15-14(9-22-23)16(24)21-10-20-15/h1-4,9-10,13H,5-8H2,(H,20,21,24). The highest BCUT2D eigenvalue weighted by molar-refractivity contribution is 5.74. The topological polar surface area (TPSA) is 72.8 Å². The van der Waals surface area contributed by atoms with Crippen LogP contribution in [0.15, 0.2) is 41.6 Å². The second kappa shape index (κ2) is 5.94. The van der Waals surface area contributed by atoms with E-state index >= 15 is 0 Å². The van der Waals surface area contributed by atoms with Gasteiger partial charge in [0, 0.05) is 12.8 Å². The van der Waals surface area contributed by atoms with Gasteiger partial charge in [0.25, 0.3) is 5.56 Å². The number of hydrogen-bond donors (Lipinski definition) is 1. The molecule has 2 aromatic heterocycles. The average Bonchev–Trinajstić information content (AvgIpc) is 3.03. The Morgan fingerprint density at radius 1 is 1.20 bits per heavy atom. The Morgan fingerprint density at radius 2 is 1.92 bits per heavy atom. The fourth-order valence-electron chi connectivity index (χ4n) is 3.03. The Balaban J connectivity index is 1.52. The van der Waals surface area contributed by atoms with Crippen molar-refractivity contribution in [1.82, 2.24) is 19.7 Å². The molecule has 6 nitrogen and oxygen atoms in total. The fourth-order valence-corrected chi connectivity index (χ4v) is 3.03. The van der Waals surface area contributed by atoms with E-state index in [1.54, 1.807) is 28.9 Å². The summed E-state index contributed by atoms with van der Waals surface area (Å²) in [5, 5.41) is 4.61. The van der Waals surface area contributed by atoms with E-state index in [4.69, 9.17) is 4.74 Å². The third-order valence-electron chi connectivity index (χ3n) is 4.42. The molecule has 0 atom stereocenters. The molecule has 8 heteroatoms. The number of fused-ring (bicyclic) bond motifs is 1. The van der Waals surface area contributed by atoms with E-state index in [0.717, 1.165) is 5.69 Å². The van der Waals surface area contributed by atoms with Crippen LogP contribution in [-0.2, 0) is 0 Å². The molecule has 0 saturated heterocycles. The van der Waals surface area contributed by atoms with Crippen molar-refractivity contribution in [3.05, 3.63) is 47.1 Å². The molecule has 0 radical (unpaired) electrons. The van der Waals surface area contributed by atoms with Gasteiger partial charge in [-0.1, -0.05) is 0 Å². The first kappa shape index (κ1) is 15.7. The van der Waals surface area contributed by atoms with Crippen molar-refractivity contribution in [2.24, 2.45) is 0 Å². The predicted octanol–water partition coefficient (Wildman–Crippen LogP) is 3.07. The van der Waals surface area contributed by atoms with Crippen molar-refractivity contribution in [2.75, 3.05) is 0 Å². The SMILES string of the molecule is O=c1[nH]cnc2c1cnn2-c1ccc(OC2CCC(F)(F)CC2)cc1. The Kier molecular flexibility index (Phi) is 3.74. The zero-order valence-corrected chi connectivity index (χ0v) is 13.3. The molecule has 0 spiro atoms. The molecule has 1 aromatic carbocycles. The van der Waals surface area contributed by atoms with Crippen molar-refractivity contribution >= 4 is 11.0 Å². The number of aromatic amines is 1. The Bertz CT molecular complexity index is 939. The minimum absolute atomic E-state index is 0.130. The normalized spacial score (nSPS) is 17.7. The number of ether oxygens (including phenoxy) is 1. The molecule has 1 fully saturated rings.